The lowest BCUT2D eigenvalue weighted by molar-refractivity contribution is -0.137. The first kappa shape index (κ1) is 12.7. The molecule has 0 radical (unpaired) electrons. The van der Waals surface area contributed by atoms with Gasteiger partial charge in [0, 0.05) is 0 Å². The number of sulfone groups is 1. The van der Waals surface area contributed by atoms with Crippen molar-refractivity contribution in [1.82, 2.24) is 0 Å². The predicted octanol–water partition coefficient (Wildman–Crippen LogP) is 1.25. The second-order valence-electron chi connectivity index (χ2n) is 3.58. The van der Waals surface area contributed by atoms with Crippen molar-refractivity contribution in [3.63, 3.8) is 0 Å². The van der Waals surface area contributed by atoms with Gasteiger partial charge in [0.05, 0.1) is 12.0 Å². The van der Waals surface area contributed by atoms with Crippen molar-refractivity contribution >= 4 is 15.8 Å². The predicted molar refractivity (Wildman–Crippen MR) is 60.0 cm³/mol. The van der Waals surface area contributed by atoms with Crippen LogP contribution in [0.1, 0.15) is 11.1 Å². The Morgan fingerprint density at radius 3 is 2.38 bits per heavy atom. The lowest BCUT2D eigenvalue weighted by Crippen LogP contribution is -2.17. The molecule has 0 amide bonds. The number of hydrogen-bond acceptors (Lipinski definition) is 4. The molecule has 0 unspecified atom stereocenters. The normalized spacial score (nSPS) is 11.2. The third kappa shape index (κ3) is 2.82. The summed E-state index contributed by atoms with van der Waals surface area (Å²) >= 11 is 0. The molecule has 0 N–H and O–H groups in total. The first-order valence-corrected chi connectivity index (χ1v) is 6.39. The van der Waals surface area contributed by atoms with Gasteiger partial charge in [-0.25, -0.2) is 8.42 Å². The monoisotopic (exact) mass is 242 g/mol. The highest BCUT2D eigenvalue weighted by Crippen LogP contribution is 2.16. The summed E-state index contributed by atoms with van der Waals surface area (Å²) in [4.78, 5) is 11.1. The standard InChI is InChI=1S/C11H14O4S/c1-8-4-5-10(6-9(8)2)16(13,14)7-11(12)15-3/h4-6H,7H2,1-3H3. The Balaban J connectivity index is 3.08. The van der Waals surface area contributed by atoms with E-state index in [0.717, 1.165) is 18.2 Å². The van der Waals surface area contributed by atoms with Gasteiger partial charge in [0.25, 0.3) is 0 Å². The van der Waals surface area contributed by atoms with Crippen LogP contribution in [0.25, 0.3) is 0 Å². The quantitative estimate of drug-likeness (QED) is 0.748. The van der Waals surface area contributed by atoms with Crippen LogP contribution in [0.4, 0.5) is 0 Å². The van der Waals surface area contributed by atoms with Gasteiger partial charge >= 0.3 is 5.97 Å². The van der Waals surface area contributed by atoms with E-state index in [-0.39, 0.29) is 4.90 Å². The zero-order valence-electron chi connectivity index (χ0n) is 9.48. The summed E-state index contributed by atoms with van der Waals surface area (Å²) in [5, 5.41) is 0. The second kappa shape index (κ2) is 4.65. The SMILES string of the molecule is COC(=O)CS(=O)(=O)c1ccc(C)c(C)c1. The largest absolute Gasteiger partial charge is 0.468 e. The van der Waals surface area contributed by atoms with Crippen LogP contribution in [0.2, 0.25) is 0 Å². The molecule has 88 valence electrons. The first-order valence-electron chi connectivity index (χ1n) is 4.73. The Morgan fingerprint density at radius 1 is 1.25 bits per heavy atom. The maximum absolute atomic E-state index is 11.8. The maximum Gasteiger partial charge on any atom is 0.321 e. The summed E-state index contributed by atoms with van der Waals surface area (Å²) in [6.45, 7) is 3.72. The molecule has 0 atom stereocenters. The molecule has 0 heterocycles. The van der Waals surface area contributed by atoms with Crippen LogP contribution in [-0.2, 0) is 19.4 Å². The molecule has 0 aliphatic carbocycles. The smallest absolute Gasteiger partial charge is 0.321 e. The fourth-order valence-electron chi connectivity index (χ4n) is 1.20. The summed E-state index contributed by atoms with van der Waals surface area (Å²) < 4.78 is 27.9. The zero-order valence-corrected chi connectivity index (χ0v) is 10.3. The summed E-state index contributed by atoms with van der Waals surface area (Å²) in [5.41, 5.74) is 1.89. The van der Waals surface area contributed by atoms with Crippen LogP contribution in [-0.4, -0.2) is 27.2 Å². The number of esters is 1. The molecule has 4 nitrogen and oxygen atoms in total. The molecular weight excluding hydrogens is 228 g/mol. The second-order valence-corrected chi connectivity index (χ2v) is 5.57. The molecule has 0 aliphatic heterocycles. The Bertz CT molecular complexity index is 503. The minimum Gasteiger partial charge on any atom is -0.468 e. The molecule has 0 spiro atoms. The van der Waals surface area contributed by atoms with Crippen LogP contribution in [0.5, 0.6) is 0 Å². The molecule has 1 aromatic rings. The van der Waals surface area contributed by atoms with Gasteiger partial charge < -0.3 is 4.74 Å². The van der Waals surface area contributed by atoms with Crippen LogP contribution in [0, 0.1) is 13.8 Å². The van der Waals surface area contributed by atoms with Gasteiger partial charge in [-0.1, -0.05) is 6.07 Å². The van der Waals surface area contributed by atoms with Crippen molar-refractivity contribution in [2.45, 2.75) is 18.7 Å². The van der Waals surface area contributed by atoms with Gasteiger partial charge in [-0.15, -0.1) is 0 Å². The molecule has 0 fully saturated rings. The van der Waals surface area contributed by atoms with Crippen molar-refractivity contribution in [3.05, 3.63) is 29.3 Å². The van der Waals surface area contributed by atoms with Crippen LogP contribution in [0.3, 0.4) is 0 Å². The number of ether oxygens (including phenoxy) is 1. The first-order chi connectivity index (χ1) is 7.36. The van der Waals surface area contributed by atoms with Crippen LogP contribution in [0.15, 0.2) is 23.1 Å². The minimum absolute atomic E-state index is 0.154. The number of carbonyl (C=O) groups excluding carboxylic acids is 1. The molecule has 5 heteroatoms. The minimum atomic E-state index is -3.59. The summed E-state index contributed by atoms with van der Waals surface area (Å²) in [7, 11) is -2.42. The maximum atomic E-state index is 11.8. The van der Waals surface area contributed by atoms with Crippen LogP contribution < -0.4 is 0 Å². The van der Waals surface area contributed by atoms with Gasteiger partial charge in [0.1, 0.15) is 0 Å². The van der Waals surface area contributed by atoms with Crippen molar-refractivity contribution < 1.29 is 17.9 Å². The van der Waals surface area contributed by atoms with E-state index in [4.69, 9.17) is 0 Å². The molecule has 0 aliphatic rings. The third-order valence-corrected chi connectivity index (χ3v) is 3.96. The van der Waals surface area contributed by atoms with Gasteiger partial charge in [0.2, 0.25) is 0 Å². The number of rotatable bonds is 3. The Kier molecular flexibility index (Phi) is 3.70. The Morgan fingerprint density at radius 2 is 1.88 bits per heavy atom. The average Bonchev–Trinajstić information content (AvgIpc) is 2.21. The van der Waals surface area contributed by atoms with Crippen molar-refractivity contribution in [1.29, 1.82) is 0 Å². The molecule has 1 aromatic carbocycles. The lowest BCUT2D eigenvalue weighted by Gasteiger charge is -2.05. The molecule has 0 saturated heterocycles. The van der Waals surface area contributed by atoms with Gasteiger partial charge in [0.15, 0.2) is 15.6 Å². The van der Waals surface area contributed by atoms with E-state index >= 15 is 0 Å². The van der Waals surface area contributed by atoms with E-state index in [1.54, 1.807) is 12.1 Å². The molecule has 1 rings (SSSR count). The molecular formula is C11H14O4S. The molecule has 0 aromatic heterocycles. The third-order valence-electron chi connectivity index (χ3n) is 2.37. The van der Waals surface area contributed by atoms with E-state index < -0.39 is 21.6 Å². The number of methoxy groups -OCH3 is 1. The summed E-state index contributed by atoms with van der Waals surface area (Å²) in [6, 6.07) is 4.79. The summed E-state index contributed by atoms with van der Waals surface area (Å²) in [5.74, 6) is -1.37. The van der Waals surface area contributed by atoms with Crippen molar-refractivity contribution in [2.75, 3.05) is 12.9 Å². The summed E-state index contributed by atoms with van der Waals surface area (Å²) in [6.07, 6.45) is 0. The highest BCUT2D eigenvalue weighted by molar-refractivity contribution is 7.92. The molecule has 0 saturated carbocycles. The van der Waals surface area contributed by atoms with Gasteiger partial charge in [-0.3, -0.25) is 4.79 Å². The highest BCUT2D eigenvalue weighted by atomic mass is 32.2. The van der Waals surface area contributed by atoms with Crippen molar-refractivity contribution in [3.8, 4) is 0 Å². The molecule has 0 bridgehead atoms. The molecule has 16 heavy (non-hydrogen) atoms. The van der Waals surface area contributed by atoms with Gasteiger partial charge in [-0.2, -0.15) is 0 Å². The number of hydrogen-bond donors (Lipinski definition) is 0. The van der Waals surface area contributed by atoms with Crippen molar-refractivity contribution in [2.24, 2.45) is 0 Å². The number of carbonyl (C=O) groups is 1. The van der Waals surface area contributed by atoms with Gasteiger partial charge in [-0.05, 0) is 37.1 Å². The topological polar surface area (TPSA) is 60.4 Å². The van der Waals surface area contributed by atoms with Crippen LogP contribution >= 0.6 is 0 Å². The van der Waals surface area contributed by atoms with E-state index in [1.165, 1.54) is 6.07 Å². The fourth-order valence-corrected chi connectivity index (χ4v) is 2.43. The highest BCUT2D eigenvalue weighted by Gasteiger charge is 2.19. The average molecular weight is 242 g/mol. The van der Waals surface area contributed by atoms with E-state index in [1.807, 2.05) is 13.8 Å². The Hall–Kier alpha value is -1.36. The lowest BCUT2D eigenvalue weighted by atomic mass is 10.1. The number of aryl methyl sites for hydroxylation is 2. The fraction of sp³-hybridized carbons (Fsp3) is 0.364. The van der Waals surface area contributed by atoms with E-state index in [0.29, 0.717) is 0 Å². The van der Waals surface area contributed by atoms with E-state index in [2.05, 4.69) is 4.74 Å². The van der Waals surface area contributed by atoms with E-state index in [9.17, 15) is 13.2 Å². The zero-order chi connectivity index (χ0) is 12.3. The Labute approximate surface area is 95.2 Å². The number of benzene rings is 1.